The maximum absolute atomic E-state index is 6.00. The van der Waals surface area contributed by atoms with E-state index in [0.29, 0.717) is 6.04 Å². The molecule has 5 heteroatoms. The van der Waals surface area contributed by atoms with Crippen molar-refractivity contribution in [2.24, 2.45) is 0 Å². The lowest BCUT2D eigenvalue weighted by molar-refractivity contribution is -0.135. The molecule has 1 N–H and O–H groups in total. The van der Waals surface area contributed by atoms with Crippen LogP contribution in [-0.4, -0.2) is 33.0 Å². The first-order valence-corrected chi connectivity index (χ1v) is 8.15. The summed E-state index contributed by atoms with van der Waals surface area (Å²) in [5, 5.41) is 8.13. The minimum Gasteiger partial charge on any atom is -0.375 e. The van der Waals surface area contributed by atoms with Crippen LogP contribution >= 0.6 is 0 Å². The van der Waals surface area contributed by atoms with Crippen molar-refractivity contribution in [1.29, 1.82) is 0 Å². The zero-order valence-corrected chi connectivity index (χ0v) is 12.7. The van der Waals surface area contributed by atoms with Crippen LogP contribution in [0.2, 0.25) is 0 Å². The Balaban J connectivity index is 1.41. The molecule has 0 bridgehead atoms. The van der Waals surface area contributed by atoms with Crippen molar-refractivity contribution in [3.63, 3.8) is 0 Å². The Morgan fingerprint density at radius 3 is 2.86 bits per heavy atom. The van der Waals surface area contributed by atoms with Crippen LogP contribution in [0.15, 0.2) is 36.8 Å². The van der Waals surface area contributed by atoms with Gasteiger partial charge in [0.2, 0.25) is 0 Å². The second kappa shape index (κ2) is 5.82. The first-order valence-electron chi connectivity index (χ1n) is 8.15. The molecule has 1 unspecified atom stereocenters. The number of hydrogen-bond acceptors (Lipinski definition) is 4. The van der Waals surface area contributed by atoms with E-state index in [4.69, 9.17) is 4.74 Å². The first kappa shape index (κ1) is 13.9. The van der Waals surface area contributed by atoms with Gasteiger partial charge in [0.25, 0.3) is 0 Å². The van der Waals surface area contributed by atoms with Crippen molar-refractivity contribution in [2.45, 2.75) is 50.3 Å². The van der Waals surface area contributed by atoms with Crippen LogP contribution in [0, 0.1) is 0 Å². The van der Waals surface area contributed by atoms with Crippen LogP contribution < -0.4 is 5.32 Å². The molecule has 5 nitrogen and oxygen atoms in total. The smallest absolute Gasteiger partial charge is 0.0697 e. The van der Waals surface area contributed by atoms with Gasteiger partial charge < -0.3 is 10.1 Å². The molecule has 0 aromatic carbocycles. The van der Waals surface area contributed by atoms with Gasteiger partial charge in [-0.1, -0.05) is 0 Å². The van der Waals surface area contributed by atoms with Crippen LogP contribution in [0.3, 0.4) is 0 Å². The SMILES string of the molecule is c1cc(-n2nccc2CNC2CCOC3(CCC3)C2)ccn1. The van der Waals surface area contributed by atoms with Crippen LogP contribution in [0.4, 0.5) is 0 Å². The van der Waals surface area contributed by atoms with Crippen LogP contribution in [-0.2, 0) is 11.3 Å². The van der Waals surface area contributed by atoms with E-state index in [2.05, 4.69) is 21.5 Å². The summed E-state index contributed by atoms with van der Waals surface area (Å²) in [6.07, 6.45) is 11.5. The quantitative estimate of drug-likeness (QED) is 0.942. The molecular formula is C17H22N4O. The van der Waals surface area contributed by atoms with Gasteiger partial charge in [0.05, 0.1) is 17.0 Å². The summed E-state index contributed by atoms with van der Waals surface area (Å²) in [4.78, 5) is 4.07. The number of nitrogens with zero attached hydrogens (tertiary/aromatic N) is 3. The van der Waals surface area contributed by atoms with E-state index >= 15 is 0 Å². The Morgan fingerprint density at radius 1 is 1.23 bits per heavy atom. The van der Waals surface area contributed by atoms with Gasteiger partial charge >= 0.3 is 0 Å². The predicted molar refractivity (Wildman–Crippen MR) is 83.8 cm³/mol. The zero-order chi connectivity index (χ0) is 14.8. The summed E-state index contributed by atoms with van der Waals surface area (Å²) in [5.41, 5.74) is 2.43. The minimum atomic E-state index is 0.196. The summed E-state index contributed by atoms with van der Waals surface area (Å²) < 4.78 is 7.98. The average Bonchev–Trinajstić information content (AvgIpc) is 3.01. The third kappa shape index (κ3) is 2.66. The monoisotopic (exact) mass is 298 g/mol. The van der Waals surface area contributed by atoms with Gasteiger partial charge in [-0.2, -0.15) is 5.10 Å². The van der Waals surface area contributed by atoms with Crippen molar-refractivity contribution in [3.05, 3.63) is 42.5 Å². The van der Waals surface area contributed by atoms with Crippen molar-refractivity contribution < 1.29 is 4.74 Å². The standard InChI is InChI=1S/C17H22N4O/c1-6-17(7-1)12-14(5-11-22-17)19-13-16-4-10-20-21(16)15-2-8-18-9-3-15/h2-4,8-10,14,19H,1,5-7,11-13H2. The Hall–Kier alpha value is -1.72. The first-order chi connectivity index (χ1) is 10.8. The summed E-state index contributed by atoms with van der Waals surface area (Å²) in [6.45, 7) is 1.73. The molecule has 2 aromatic heterocycles. The van der Waals surface area contributed by atoms with Gasteiger partial charge in [0.15, 0.2) is 0 Å². The third-order valence-corrected chi connectivity index (χ3v) is 4.96. The zero-order valence-electron chi connectivity index (χ0n) is 12.7. The Morgan fingerprint density at radius 2 is 2.09 bits per heavy atom. The Labute approximate surface area is 130 Å². The van der Waals surface area contributed by atoms with Crippen molar-refractivity contribution in [3.8, 4) is 5.69 Å². The Bertz CT molecular complexity index is 621. The number of pyridine rings is 1. The third-order valence-electron chi connectivity index (χ3n) is 4.96. The number of rotatable bonds is 4. The molecule has 1 saturated heterocycles. The summed E-state index contributed by atoms with van der Waals surface area (Å²) in [7, 11) is 0. The van der Waals surface area contributed by atoms with E-state index in [-0.39, 0.29) is 5.60 Å². The molecular weight excluding hydrogens is 276 g/mol. The highest BCUT2D eigenvalue weighted by atomic mass is 16.5. The molecule has 3 heterocycles. The number of ether oxygens (including phenoxy) is 1. The fourth-order valence-corrected chi connectivity index (χ4v) is 3.55. The molecule has 22 heavy (non-hydrogen) atoms. The molecule has 2 fully saturated rings. The predicted octanol–water partition coefficient (Wildman–Crippen LogP) is 2.46. The summed E-state index contributed by atoms with van der Waals surface area (Å²) in [6, 6.07) is 6.59. The second-order valence-electron chi connectivity index (χ2n) is 6.40. The highest BCUT2D eigenvalue weighted by Gasteiger charge is 2.42. The lowest BCUT2D eigenvalue weighted by Gasteiger charge is -2.47. The molecule has 1 aliphatic heterocycles. The van der Waals surface area contributed by atoms with E-state index in [9.17, 15) is 0 Å². The van der Waals surface area contributed by atoms with Gasteiger partial charge in [0.1, 0.15) is 0 Å². The van der Waals surface area contributed by atoms with Crippen LogP contribution in [0.5, 0.6) is 0 Å². The fraction of sp³-hybridized carbons (Fsp3) is 0.529. The summed E-state index contributed by atoms with van der Waals surface area (Å²) >= 11 is 0. The molecule has 4 rings (SSSR count). The number of hydrogen-bond donors (Lipinski definition) is 1. The number of aromatic nitrogens is 3. The van der Waals surface area contributed by atoms with Crippen LogP contribution in [0.1, 0.15) is 37.8 Å². The van der Waals surface area contributed by atoms with Crippen LogP contribution in [0.25, 0.3) is 5.69 Å². The largest absolute Gasteiger partial charge is 0.375 e. The van der Waals surface area contributed by atoms with Gasteiger partial charge in [-0.05, 0) is 50.3 Å². The average molecular weight is 298 g/mol. The van der Waals surface area contributed by atoms with E-state index in [1.165, 1.54) is 25.0 Å². The van der Waals surface area contributed by atoms with Crippen molar-refractivity contribution >= 4 is 0 Å². The highest BCUT2D eigenvalue weighted by Crippen LogP contribution is 2.42. The molecule has 2 aromatic rings. The molecule has 1 aliphatic carbocycles. The molecule has 2 aliphatic rings. The highest BCUT2D eigenvalue weighted by molar-refractivity contribution is 5.30. The lowest BCUT2D eigenvalue weighted by Crippen LogP contribution is -2.50. The molecule has 1 spiro atoms. The molecule has 1 saturated carbocycles. The topological polar surface area (TPSA) is 52.0 Å². The van der Waals surface area contributed by atoms with Gasteiger partial charge in [-0.25, -0.2) is 4.68 Å². The normalized spacial score (nSPS) is 23.4. The maximum Gasteiger partial charge on any atom is 0.0697 e. The van der Waals surface area contributed by atoms with Crippen molar-refractivity contribution in [2.75, 3.05) is 6.61 Å². The van der Waals surface area contributed by atoms with Gasteiger partial charge in [-0.3, -0.25) is 4.98 Å². The van der Waals surface area contributed by atoms with E-state index in [0.717, 1.165) is 31.7 Å². The molecule has 0 amide bonds. The van der Waals surface area contributed by atoms with E-state index in [1.807, 2.05) is 23.0 Å². The molecule has 116 valence electrons. The summed E-state index contributed by atoms with van der Waals surface area (Å²) in [5.74, 6) is 0. The van der Waals surface area contributed by atoms with Crippen molar-refractivity contribution in [1.82, 2.24) is 20.1 Å². The lowest BCUT2D eigenvalue weighted by atomic mass is 9.74. The van der Waals surface area contributed by atoms with E-state index in [1.54, 1.807) is 12.4 Å². The van der Waals surface area contributed by atoms with E-state index < -0.39 is 0 Å². The molecule has 0 radical (unpaired) electrons. The maximum atomic E-state index is 6.00. The molecule has 1 atom stereocenters. The Kier molecular flexibility index (Phi) is 3.68. The van der Waals surface area contributed by atoms with Gasteiger partial charge in [0, 0.05) is 37.8 Å². The number of nitrogens with one attached hydrogen (secondary N) is 1. The second-order valence-corrected chi connectivity index (χ2v) is 6.40. The minimum absolute atomic E-state index is 0.196. The fourth-order valence-electron chi connectivity index (χ4n) is 3.55. The van der Waals surface area contributed by atoms with Gasteiger partial charge in [-0.15, -0.1) is 0 Å².